The number of allylic oxidation sites excluding steroid dienone is 1. The molecule has 3 heteroatoms. The Balaban J connectivity index is 2.06. The molecule has 2 aromatic carbocycles. The second kappa shape index (κ2) is 8.97. The van der Waals surface area contributed by atoms with E-state index >= 15 is 0 Å². The molecule has 0 aliphatic heterocycles. The molecule has 0 heterocycles. The highest BCUT2D eigenvalue weighted by atomic mass is 28.3. The molecule has 2 aromatic rings. The summed E-state index contributed by atoms with van der Waals surface area (Å²) in [5.41, 5.74) is 0.889. The zero-order chi connectivity index (χ0) is 17.4. The lowest BCUT2D eigenvalue weighted by Gasteiger charge is -2.23. The predicted octanol–water partition coefficient (Wildman–Crippen LogP) is 4.30. The van der Waals surface area contributed by atoms with Gasteiger partial charge in [0.1, 0.15) is 12.2 Å². The van der Waals surface area contributed by atoms with E-state index in [4.69, 9.17) is 4.74 Å². The van der Waals surface area contributed by atoms with Crippen molar-refractivity contribution in [1.29, 1.82) is 0 Å². The SMILES string of the molecule is CCO[C@H](/C=C/C[Si](C)(C)c1ccccc1)[C@@H](O)c1ccccc1. The monoisotopic (exact) mass is 340 g/mol. The van der Waals surface area contributed by atoms with Crippen LogP contribution < -0.4 is 5.19 Å². The summed E-state index contributed by atoms with van der Waals surface area (Å²) in [6.45, 7) is 7.28. The molecule has 2 atom stereocenters. The van der Waals surface area contributed by atoms with Crippen LogP contribution in [0.15, 0.2) is 72.8 Å². The van der Waals surface area contributed by atoms with Crippen molar-refractivity contribution in [3.05, 3.63) is 78.4 Å². The fraction of sp³-hybridized carbons (Fsp3) is 0.333. The zero-order valence-corrected chi connectivity index (χ0v) is 15.9. The zero-order valence-electron chi connectivity index (χ0n) is 14.9. The average Bonchev–Trinajstić information content (AvgIpc) is 2.62. The van der Waals surface area contributed by atoms with E-state index in [-0.39, 0.29) is 6.10 Å². The highest BCUT2D eigenvalue weighted by Gasteiger charge is 2.22. The van der Waals surface area contributed by atoms with Crippen molar-refractivity contribution in [2.75, 3.05) is 6.61 Å². The molecule has 0 aliphatic rings. The number of aliphatic hydroxyl groups excluding tert-OH is 1. The Bertz CT molecular complexity index is 623. The van der Waals surface area contributed by atoms with Gasteiger partial charge in [0.15, 0.2) is 0 Å². The lowest BCUT2D eigenvalue weighted by molar-refractivity contribution is -0.00581. The van der Waals surface area contributed by atoms with Crippen LogP contribution in [0.4, 0.5) is 0 Å². The second-order valence-electron chi connectivity index (χ2n) is 6.66. The molecule has 1 N–H and O–H groups in total. The fourth-order valence-corrected chi connectivity index (χ4v) is 4.84. The Morgan fingerprint density at radius 1 is 1.00 bits per heavy atom. The minimum Gasteiger partial charge on any atom is -0.385 e. The van der Waals surface area contributed by atoms with Crippen LogP contribution in [0.3, 0.4) is 0 Å². The average molecular weight is 341 g/mol. The van der Waals surface area contributed by atoms with Gasteiger partial charge in [-0.2, -0.15) is 0 Å². The minimum absolute atomic E-state index is 0.307. The van der Waals surface area contributed by atoms with E-state index in [9.17, 15) is 5.11 Å². The summed E-state index contributed by atoms with van der Waals surface area (Å²) in [4.78, 5) is 0. The lowest BCUT2D eigenvalue weighted by Crippen LogP contribution is -2.40. The number of ether oxygens (including phenoxy) is 1. The largest absolute Gasteiger partial charge is 0.385 e. The molecule has 0 amide bonds. The Labute approximate surface area is 146 Å². The van der Waals surface area contributed by atoms with Crippen LogP contribution in [0.5, 0.6) is 0 Å². The van der Waals surface area contributed by atoms with Crippen LogP contribution in [0.2, 0.25) is 19.1 Å². The molecule has 24 heavy (non-hydrogen) atoms. The maximum atomic E-state index is 10.6. The van der Waals surface area contributed by atoms with Gasteiger partial charge in [0, 0.05) is 6.61 Å². The summed E-state index contributed by atoms with van der Waals surface area (Å²) >= 11 is 0. The molecule has 2 nitrogen and oxygen atoms in total. The highest BCUT2D eigenvalue weighted by Crippen LogP contribution is 2.21. The topological polar surface area (TPSA) is 29.5 Å². The summed E-state index contributed by atoms with van der Waals surface area (Å²) in [5.74, 6) is 0. The number of hydrogen-bond donors (Lipinski definition) is 1. The molecule has 128 valence electrons. The summed E-state index contributed by atoms with van der Waals surface area (Å²) in [6.07, 6.45) is 3.27. The van der Waals surface area contributed by atoms with E-state index < -0.39 is 14.2 Å². The van der Waals surface area contributed by atoms with Gasteiger partial charge in [-0.25, -0.2) is 0 Å². The normalized spacial score (nSPS) is 14.7. The van der Waals surface area contributed by atoms with E-state index in [1.807, 2.05) is 43.3 Å². The van der Waals surface area contributed by atoms with E-state index in [1.54, 1.807) is 0 Å². The van der Waals surface area contributed by atoms with Crippen molar-refractivity contribution < 1.29 is 9.84 Å². The van der Waals surface area contributed by atoms with Crippen molar-refractivity contribution >= 4 is 13.3 Å². The van der Waals surface area contributed by atoms with Gasteiger partial charge in [-0.05, 0) is 18.5 Å². The molecule has 0 bridgehead atoms. The van der Waals surface area contributed by atoms with E-state index in [0.29, 0.717) is 6.61 Å². The van der Waals surface area contributed by atoms with Crippen LogP contribution >= 0.6 is 0 Å². The Kier molecular flexibility index (Phi) is 6.97. The van der Waals surface area contributed by atoms with Gasteiger partial charge in [-0.15, -0.1) is 0 Å². The van der Waals surface area contributed by atoms with Crippen molar-refractivity contribution in [1.82, 2.24) is 0 Å². The Hall–Kier alpha value is -1.68. The third-order valence-corrected chi connectivity index (χ3v) is 7.47. The van der Waals surface area contributed by atoms with Gasteiger partial charge in [0.05, 0.1) is 8.07 Å². The quantitative estimate of drug-likeness (QED) is 0.573. The standard InChI is InChI=1S/C21H28O2Si/c1-4-23-20(21(22)18-12-7-5-8-13-18)16-11-17-24(2,3)19-14-9-6-10-15-19/h5-16,20-22H,4,17H2,1-3H3/b16-11+/t20-,21+/m1/s1. The minimum atomic E-state index is -1.51. The highest BCUT2D eigenvalue weighted by molar-refractivity contribution is 6.90. The maximum absolute atomic E-state index is 10.6. The van der Waals surface area contributed by atoms with Crippen LogP contribution in [0, 0.1) is 0 Å². The van der Waals surface area contributed by atoms with E-state index in [0.717, 1.165) is 11.6 Å². The maximum Gasteiger partial charge on any atom is 0.109 e. The molecule has 2 rings (SSSR count). The first-order valence-corrected chi connectivity index (χ1v) is 11.8. The summed E-state index contributed by atoms with van der Waals surface area (Å²) in [7, 11) is -1.51. The van der Waals surface area contributed by atoms with Crippen molar-refractivity contribution in [3.8, 4) is 0 Å². The third kappa shape index (κ3) is 5.16. The van der Waals surface area contributed by atoms with Crippen molar-refractivity contribution in [2.24, 2.45) is 0 Å². The summed E-state index contributed by atoms with van der Waals surface area (Å²) < 4.78 is 5.76. The van der Waals surface area contributed by atoms with Crippen LogP contribution in [-0.2, 0) is 4.74 Å². The number of hydrogen-bond acceptors (Lipinski definition) is 2. The van der Waals surface area contributed by atoms with Crippen LogP contribution in [0.1, 0.15) is 18.6 Å². The predicted molar refractivity (Wildman–Crippen MR) is 104 cm³/mol. The molecule has 0 saturated carbocycles. The van der Waals surface area contributed by atoms with Gasteiger partial charge >= 0.3 is 0 Å². The molecular formula is C21H28O2Si. The van der Waals surface area contributed by atoms with E-state index in [2.05, 4.69) is 49.5 Å². The fourth-order valence-electron chi connectivity index (χ4n) is 2.79. The molecule has 0 radical (unpaired) electrons. The van der Waals surface area contributed by atoms with Crippen LogP contribution in [0.25, 0.3) is 0 Å². The van der Waals surface area contributed by atoms with E-state index in [1.165, 1.54) is 5.19 Å². The van der Waals surface area contributed by atoms with Gasteiger partial charge in [0.25, 0.3) is 0 Å². The van der Waals surface area contributed by atoms with Crippen molar-refractivity contribution in [2.45, 2.75) is 38.3 Å². The smallest absolute Gasteiger partial charge is 0.109 e. The molecule has 0 aliphatic carbocycles. The summed E-state index contributed by atoms with van der Waals surface area (Å²) in [5, 5.41) is 12.0. The number of rotatable bonds is 8. The first-order chi connectivity index (χ1) is 11.5. The van der Waals surface area contributed by atoms with Gasteiger partial charge in [-0.3, -0.25) is 0 Å². The lowest BCUT2D eigenvalue weighted by atomic mass is 10.0. The Morgan fingerprint density at radius 3 is 2.17 bits per heavy atom. The van der Waals surface area contributed by atoms with Gasteiger partial charge < -0.3 is 9.84 Å². The second-order valence-corrected chi connectivity index (χ2v) is 11.4. The molecule has 0 unspecified atom stereocenters. The van der Waals surface area contributed by atoms with Gasteiger partial charge in [0.2, 0.25) is 0 Å². The molecule has 0 spiro atoms. The first kappa shape index (κ1) is 18.7. The first-order valence-electron chi connectivity index (χ1n) is 8.61. The van der Waals surface area contributed by atoms with Crippen molar-refractivity contribution in [3.63, 3.8) is 0 Å². The van der Waals surface area contributed by atoms with Gasteiger partial charge in [-0.1, -0.05) is 91.1 Å². The molecular weight excluding hydrogens is 312 g/mol. The molecule has 0 aromatic heterocycles. The van der Waals surface area contributed by atoms with Crippen LogP contribution in [-0.4, -0.2) is 25.9 Å². The molecule has 0 fully saturated rings. The Morgan fingerprint density at radius 2 is 1.58 bits per heavy atom. The molecule has 0 saturated heterocycles. The summed E-state index contributed by atoms with van der Waals surface area (Å²) in [6, 6.07) is 21.5. The third-order valence-electron chi connectivity index (χ3n) is 4.32. The number of benzene rings is 2. The number of aliphatic hydroxyl groups is 1.